The SMILES string of the molecule is COc1cc(OC)cc(C(=O)NCC(=O)O[C@H](C(=O)Nc2cc(C)ccc2C)c2ccccc2)c1. The molecule has 0 aromatic heterocycles. The molecule has 0 aliphatic rings. The molecule has 0 saturated heterocycles. The maximum Gasteiger partial charge on any atom is 0.326 e. The molecule has 2 N–H and O–H groups in total. The summed E-state index contributed by atoms with van der Waals surface area (Å²) in [6.07, 6.45) is -1.20. The lowest BCUT2D eigenvalue weighted by molar-refractivity contribution is -0.153. The molecule has 0 spiro atoms. The summed E-state index contributed by atoms with van der Waals surface area (Å²) < 4.78 is 15.8. The van der Waals surface area contributed by atoms with Crippen LogP contribution < -0.4 is 20.1 Å². The lowest BCUT2D eigenvalue weighted by atomic mass is 10.1. The zero-order valence-corrected chi connectivity index (χ0v) is 20.1. The van der Waals surface area contributed by atoms with Crippen molar-refractivity contribution in [2.45, 2.75) is 20.0 Å². The highest BCUT2D eigenvalue weighted by Crippen LogP contribution is 2.24. The maximum absolute atomic E-state index is 13.1. The lowest BCUT2D eigenvalue weighted by Crippen LogP contribution is -2.33. The van der Waals surface area contributed by atoms with Crippen LogP contribution in [0.5, 0.6) is 11.5 Å². The van der Waals surface area contributed by atoms with E-state index in [0.29, 0.717) is 22.7 Å². The van der Waals surface area contributed by atoms with Crippen molar-refractivity contribution in [1.82, 2.24) is 5.32 Å². The van der Waals surface area contributed by atoms with Crippen LogP contribution >= 0.6 is 0 Å². The fraction of sp³-hybridized carbons (Fsp3) is 0.222. The van der Waals surface area contributed by atoms with Gasteiger partial charge >= 0.3 is 5.97 Å². The summed E-state index contributed by atoms with van der Waals surface area (Å²) in [7, 11) is 2.95. The Labute approximate surface area is 204 Å². The second kappa shape index (κ2) is 11.7. The van der Waals surface area contributed by atoms with Crippen molar-refractivity contribution in [1.29, 1.82) is 0 Å². The number of esters is 1. The molecule has 0 aliphatic heterocycles. The van der Waals surface area contributed by atoms with E-state index in [1.54, 1.807) is 36.4 Å². The molecule has 3 rings (SSSR count). The molecular formula is C27H28N2O6. The second-order valence-electron chi connectivity index (χ2n) is 7.87. The Morgan fingerprint density at radius 2 is 1.51 bits per heavy atom. The minimum Gasteiger partial charge on any atom is -0.497 e. The van der Waals surface area contributed by atoms with Gasteiger partial charge in [0.05, 0.1) is 14.2 Å². The van der Waals surface area contributed by atoms with Crippen LogP contribution in [0.15, 0.2) is 66.7 Å². The summed E-state index contributed by atoms with van der Waals surface area (Å²) in [4.78, 5) is 38.3. The summed E-state index contributed by atoms with van der Waals surface area (Å²) >= 11 is 0. The van der Waals surface area contributed by atoms with Gasteiger partial charge in [-0.25, -0.2) is 0 Å². The smallest absolute Gasteiger partial charge is 0.326 e. The molecule has 8 nitrogen and oxygen atoms in total. The number of rotatable bonds is 9. The number of carbonyl (C=O) groups is 3. The van der Waals surface area contributed by atoms with Crippen molar-refractivity contribution in [2.75, 3.05) is 26.1 Å². The molecule has 0 bridgehead atoms. The number of carbonyl (C=O) groups excluding carboxylic acids is 3. The van der Waals surface area contributed by atoms with E-state index in [1.807, 2.05) is 32.0 Å². The van der Waals surface area contributed by atoms with Gasteiger partial charge in [-0.2, -0.15) is 0 Å². The number of methoxy groups -OCH3 is 2. The van der Waals surface area contributed by atoms with E-state index >= 15 is 0 Å². The van der Waals surface area contributed by atoms with Crippen LogP contribution in [0, 0.1) is 13.8 Å². The van der Waals surface area contributed by atoms with Gasteiger partial charge in [-0.1, -0.05) is 42.5 Å². The third kappa shape index (κ3) is 6.83. The number of anilines is 1. The van der Waals surface area contributed by atoms with Crippen molar-refractivity contribution in [3.8, 4) is 11.5 Å². The standard InChI is InChI=1S/C27H28N2O6/c1-17-10-11-18(2)23(12-17)29-27(32)25(19-8-6-5-7-9-19)35-24(30)16-28-26(31)20-13-21(33-3)15-22(14-20)34-4/h5-15,25H,16H2,1-4H3,(H,28,31)(H,29,32)/t25-/m0/s1. The molecular weight excluding hydrogens is 448 g/mol. The fourth-order valence-corrected chi connectivity index (χ4v) is 3.34. The monoisotopic (exact) mass is 476 g/mol. The highest BCUT2D eigenvalue weighted by atomic mass is 16.5. The number of nitrogens with one attached hydrogen (secondary N) is 2. The summed E-state index contributed by atoms with van der Waals surface area (Å²) in [5.41, 5.74) is 3.25. The second-order valence-corrected chi connectivity index (χ2v) is 7.87. The van der Waals surface area contributed by atoms with Crippen LogP contribution in [0.4, 0.5) is 5.69 Å². The number of benzene rings is 3. The molecule has 182 valence electrons. The molecule has 0 radical (unpaired) electrons. The van der Waals surface area contributed by atoms with Crippen molar-refractivity contribution in [3.63, 3.8) is 0 Å². The van der Waals surface area contributed by atoms with Crippen LogP contribution in [0.3, 0.4) is 0 Å². The zero-order chi connectivity index (χ0) is 25.4. The number of hydrogen-bond acceptors (Lipinski definition) is 6. The molecule has 0 unspecified atom stereocenters. The largest absolute Gasteiger partial charge is 0.497 e. The average molecular weight is 477 g/mol. The Balaban J connectivity index is 1.71. The van der Waals surface area contributed by atoms with Gasteiger partial charge in [0, 0.05) is 22.9 Å². The Hall–Kier alpha value is -4.33. The first-order chi connectivity index (χ1) is 16.8. The number of amides is 2. The summed E-state index contributed by atoms with van der Waals surface area (Å²) in [5, 5.41) is 5.35. The van der Waals surface area contributed by atoms with Crippen molar-refractivity contribution >= 4 is 23.5 Å². The first-order valence-corrected chi connectivity index (χ1v) is 10.9. The molecule has 0 fully saturated rings. The van der Waals surface area contributed by atoms with Crippen molar-refractivity contribution < 1.29 is 28.6 Å². The summed E-state index contributed by atoms with van der Waals surface area (Å²) in [5.74, 6) is -0.913. The summed E-state index contributed by atoms with van der Waals surface area (Å²) in [6.45, 7) is 3.37. The molecule has 2 amide bonds. The van der Waals surface area contributed by atoms with Crippen molar-refractivity contribution in [2.24, 2.45) is 0 Å². The minimum absolute atomic E-state index is 0.251. The van der Waals surface area contributed by atoms with Crippen LogP contribution in [0.2, 0.25) is 0 Å². The van der Waals surface area contributed by atoms with Crippen molar-refractivity contribution in [3.05, 3.63) is 89.0 Å². The molecule has 0 heterocycles. The first-order valence-electron chi connectivity index (χ1n) is 10.9. The van der Waals surface area contributed by atoms with Crippen LogP contribution in [0.1, 0.15) is 33.2 Å². The predicted octanol–water partition coefficient (Wildman–Crippen LogP) is 3.97. The van der Waals surface area contributed by atoms with E-state index in [-0.39, 0.29) is 5.56 Å². The lowest BCUT2D eigenvalue weighted by Gasteiger charge is -2.19. The minimum atomic E-state index is -1.20. The molecule has 3 aromatic carbocycles. The van der Waals surface area contributed by atoms with Crippen LogP contribution in [-0.2, 0) is 14.3 Å². The van der Waals surface area contributed by atoms with Crippen LogP contribution in [-0.4, -0.2) is 38.5 Å². The van der Waals surface area contributed by atoms with Gasteiger partial charge in [0.15, 0.2) is 0 Å². The van der Waals surface area contributed by atoms with Gasteiger partial charge in [0.2, 0.25) is 6.10 Å². The highest BCUT2D eigenvalue weighted by molar-refractivity contribution is 5.98. The zero-order valence-electron chi connectivity index (χ0n) is 20.1. The Bertz CT molecular complexity index is 1190. The average Bonchev–Trinajstić information content (AvgIpc) is 2.87. The third-order valence-electron chi connectivity index (χ3n) is 5.25. The predicted molar refractivity (Wildman–Crippen MR) is 132 cm³/mol. The molecule has 8 heteroatoms. The van der Waals surface area contributed by atoms with Gasteiger partial charge in [0.25, 0.3) is 11.8 Å². The highest BCUT2D eigenvalue weighted by Gasteiger charge is 2.26. The Morgan fingerprint density at radius 3 is 2.14 bits per heavy atom. The maximum atomic E-state index is 13.1. The first kappa shape index (κ1) is 25.3. The van der Waals surface area contributed by atoms with Gasteiger partial charge < -0.3 is 24.8 Å². The molecule has 0 aliphatic carbocycles. The van der Waals surface area contributed by atoms with Gasteiger partial charge in [0.1, 0.15) is 18.0 Å². The van der Waals surface area contributed by atoms with E-state index in [4.69, 9.17) is 14.2 Å². The van der Waals surface area contributed by atoms with Gasteiger partial charge in [-0.05, 0) is 43.2 Å². The Morgan fingerprint density at radius 1 is 0.857 bits per heavy atom. The van der Waals surface area contributed by atoms with E-state index in [0.717, 1.165) is 11.1 Å². The fourth-order valence-electron chi connectivity index (χ4n) is 3.34. The van der Waals surface area contributed by atoms with E-state index < -0.39 is 30.4 Å². The number of hydrogen-bond donors (Lipinski definition) is 2. The molecule has 3 aromatic rings. The Kier molecular flexibility index (Phi) is 8.45. The molecule has 1 atom stereocenters. The van der Waals surface area contributed by atoms with Gasteiger partial charge in [-0.15, -0.1) is 0 Å². The topological polar surface area (TPSA) is 103 Å². The van der Waals surface area contributed by atoms with E-state index in [9.17, 15) is 14.4 Å². The normalized spacial score (nSPS) is 11.2. The third-order valence-corrected chi connectivity index (χ3v) is 5.25. The molecule has 0 saturated carbocycles. The quantitative estimate of drug-likeness (QED) is 0.453. The van der Waals surface area contributed by atoms with Crippen LogP contribution in [0.25, 0.3) is 0 Å². The molecule has 35 heavy (non-hydrogen) atoms. The van der Waals surface area contributed by atoms with E-state index in [1.165, 1.54) is 26.4 Å². The number of aryl methyl sites for hydroxylation is 2. The summed E-state index contributed by atoms with van der Waals surface area (Å²) in [6, 6.07) is 19.1. The van der Waals surface area contributed by atoms with E-state index in [2.05, 4.69) is 10.6 Å². The van der Waals surface area contributed by atoms with Gasteiger partial charge in [-0.3, -0.25) is 14.4 Å². The number of ether oxygens (including phenoxy) is 3.